The molecule has 7 nitrogen and oxygen atoms in total. The summed E-state index contributed by atoms with van der Waals surface area (Å²) in [5, 5.41) is 6.04. The Balaban J connectivity index is 2.18. The number of carbonyl (C=O) groups excluding carboxylic acids is 3. The number of carbonyl (C=O) groups is 3. The maximum atomic E-state index is 12.4. The Labute approximate surface area is 116 Å². The summed E-state index contributed by atoms with van der Waals surface area (Å²) in [5.74, 6) is -0.561. The van der Waals surface area contributed by atoms with Crippen LogP contribution in [0.3, 0.4) is 0 Å². The van der Waals surface area contributed by atoms with Gasteiger partial charge >= 0.3 is 0 Å². The smallest absolute Gasteiger partial charge is 0.249 e. The molecule has 1 atom stereocenters. The molecule has 1 unspecified atom stereocenters. The number of amides is 3. The van der Waals surface area contributed by atoms with Crippen molar-refractivity contribution in [3.05, 3.63) is 17.0 Å². The fourth-order valence-corrected chi connectivity index (χ4v) is 2.34. The summed E-state index contributed by atoms with van der Waals surface area (Å²) in [7, 11) is 0. The monoisotopic (exact) mass is 279 g/mol. The van der Waals surface area contributed by atoms with E-state index in [4.69, 9.17) is 4.52 Å². The second-order valence-corrected chi connectivity index (χ2v) is 4.84. The molecule has 0 spiro atoms. The average Bonchev–Trinajstić information content (AvgIpc) is 2.69. The number of piperazine rings is 1. The quantitative estimate of drug-likeness (QED) is 0.792. The zero-order valence-electron chi connectivity index (χ0n) is 11.7. The van der Waals surface area contributed by atoms with E-state index in [9.17, 15) is 14.4 Å². The van der Waals surface area contributed by atoms with Crippen molar-refractivity contribution in [3.8, 4) is 0 Å². The molecule has 0 bridgehead atoms. The Hall–Kier alpha value is -2.18. The number of aryl methyl sites for hydroxylation is 2. The van der Waals surface area contributed by atoms with Crippen LogP contribution in [0.15, 0.2) is 4.52 Å². The first-order valence-corrected chi connectivity index (χ1v) is 6.49. The Morgan fingerprint density at radius 2 is 2.15 bits per heavy atom. The van der Waals surface area contributed by atoms with Gasteiger partial charge in [0.2, 0.25) is 17.7 Å². The van der Waals surface area contributed by atoms with Crippen molar-refractivity contribution >= 4 is 17.7 Å². The topological polar surface area (TPSA) is 92.5 Å². The molecule has 1 saturated heterocycles. The highest BCUT2D eigenvalue weighted by Crippen LogP contribution is 2.17. The van der Waals surface area contributed by atoms with Crippen LogP contribution in [0, 0.1) is 13.8 Å². The number of nitrogens with one attached hydrogen (secondary N) is 1. The molecule has 1 aromatic heterocycles. The van der Waals surface area contributed by atoms with Gasteiger partial charge in [0, 0.05) is 5.56 Å². The Morgan fingerprint density at radius 3 is 2.70 bits per heavy atom. The van der Waals surface area contributed by atoms with Crippen LogP contribution in [-0.4, -0.2) is 40.4 Å². The fraction of sp³-hybridized carbons (Fsp3) is 0.538. The van der Waals surface area contributed by atoms with Crippen LogP contribution in [0.25, 0.3) is 0 Å². The van der Waals surface area contributed by atoms with Gasteiger partial charge in [-0.05, 0) is 20.3 Å². The van der Waals surface area contributed by atoms with Crippen molar-refractivity contribution in [2.75, 3.05) is 6.54 Å². The lowest BCUT2D eigenvalue weighted by Crippen LogP contribution is -2.59. The summed E-state index contributed by atoms with van der Waals surface area (Å²) in [6, 6.07) is -0.597. The standard InChI is InChI=1S/C13H17N3O4/c1-4-10-13(19)14-11(17)6-16(10)12(18)5-9-7(2)15-20-8(9)3/h10H,4-6H2,1-3H3,(H,14,17,19). The Kier molecular flexibility index (Phi) is 3.87. The van der Waals surface area contributed by atoms with Gasteiger partial charge in [-0.1, -0.05) is 12.1 Å². The molecule has 0 aromatic carbocycles. The first-order valence-electron chi connectivity index (χ1n) is 6.49. The molecule has 2 heterocycles. The minimum Gasteiger partial charge on any atom is -0.361 e. The van der Waals surface area contributed by atoms with E-state index in [1.54, 1.807) is 20.8 Å². The van der Waals surface area contributed by atoms with Gasteiger partial charge < -0.3 is 9.42 Å². The van der Waals surface area contributed by atoms with Crippen molar-refractivity contribution in [3.63, 3.8) is 0 Å². The van der Waals surface area contributed by atoms with E-state index in [0.29, 0.717) is 23.4 Å². The van der Waals surface area contributed by atoms with Gasteiger partial charge in [-0.3, -0.25) is 19.7 Å². The summed E-state index contributed by atoms with van der Waals surface area (Å²) in [5.41, 5.74) is 1.36. The van der Waals surface area contributed by atoms with E-state index in [1.807, 2.05) is 0 Å². The summed E-state index contributed by atoms with van der Waals surface area (Å²) >= 11 is 0. The van der Waals surface area contributed by atoms with E-state index in [1.165, 1.54) is 4.90 Å². The van der Waals surface area contributed by atoms with Gasteiger partial charge in [0.05, 0.1) is 12.1 Å². The molecule has 0 radical (unpaired) electrons. The number of imide groups is 1. The normalized spacial score (nSPS) is 19.1. The van der Waals surface area contributed by atoms with Crippen LogP contribution in [0.5, 0.6) is 0 Å². The third kappa shape index (κ3) is 2.56. The molecule has 1 N–H and O–H groups in total. The first-order chi connectivity index (χ1) is 9.43. The van der Waals surface area contributed by atoms with Crippen LogP contribution >= 0.6 is 0 Å². The SMILES string of the molecule is CCC1C(=O)NC(=O)CN1C(=O)Cc1c(C)noc1C. The van der Waals surface area contributed by atoms with E-state index in [0.717, 1.165) is 0 Å². The minimum absolute atomic E-state index is 0.0816. The molecule has 20 heavy (non-hydrogen) atoms. The molecule has 108 valence electrons. The summed E-state index contributed by atoms with van der Waals surface area (Å²) < 4.78 is 5.01. The Morgan fingerprint density at radius 1 is 1.45 bits per heavy atom. The predicted molar refractivity (Wildman–Crippen MR) is 68.6 cm³/mol. The van der Waals surface area contributed by atoms with Gasteiger partial charge in [-0.2, -0.15) is 0 Å². The van der Waals surface area contributed by atoms with Crippen LogP contribution in [0.4, 0.5) is 0 Å². The molecule has 3 amide bonds. The Bertz CT molecular complexity index is 544. The number of hydrogen-bond acceptors (Lipinski definition) is 5. The van der Waals surface area contributed by atoms with E-state index in [2.05, 4.69) is 10.5 Å². The van der Waals surface area contributed by atoms with E-state index in [-0.39, 0.29) is 18.9 Å². The molecule has 7 heteroatoms. The maximum Gasteiger partial charge on any atom is 0.249 e. The molecule has 1 aliphatic rings. The molecule has 1 aromatic rings. The number of nitrogens with zero attached hydrogens (tertiary/aromatic N) is 2. The van der Waals surface area contributed by atoms with Crippen LogP contribution in [0.2, 0.25) is 0 Å². The highest BCUT2D eigenvalue weighted by atomic mass is 16.5. The molecule has 0 aliphatic carbocycles. The molecular weight excluding hydrogens is 262 g/mol. The average molecular weight is 279 g/mol. The second kappa shape index (κ2) is 5.44. The van der Waals surface area contributed by atoms with Crippen LogP contribution in [-0.2, 0) is 20.8 Å². The van der Waals surface area contributed by atoms with Crippen molar-refractivity contribution in [2.45, 2.75) is 39.7 Å². The van der Waals surface area contributed by atoms with Crippen LogP contribution in [0.1, 0.15) is 30.4 Å². The van der Waals surface area contributed by atoms with E-state index >= 15 is 0 Å². The number of aromatic nitrogens is 1. The van der Waals surface area contributed by atoms with Crippen LogP contribution < -0.4 is 5.32 Å². The summed E-state index contributed by atoms with van der Waals surface area (Å²) in [4.78, 5) is 36.8. The number of hydrogen-bond donors (Lipinski definition) is 1. The third-order valence-corrected chi connectivity index (χ3v) is 3.47. The van der Waals surface area contributed by atoms with Gasteiger partial charge in [-0.25, -0.2) is 0 Å². The number of rotatable bonds is 3. The predicted octanol–water partition coefficient (Wildman–Crippen LogP) is 0.0975. The van der Waals surface area contributed by atoms with Gasteiger partial charge in [-0.15, -0.1) is 0 Å². The van der Waals surface area contributed by atoms with Gasteiger partial charge in [0.1, 0.15) is 18.3 Å². The zero-order valence-corrected chi connectivity index (χ0v) is 11.7. The third-order valence-electron chi connectivity index (χ3n) is 3.47. The largest absolute Gasteiger partial charge is 0.361 e. The summed E-state index contributed by atoms with van der Waals surface area (Å²) in [6.45, 7) is 5.20. The highest BCUT2D eigenvalue weighted by molar-refractivity contribution is 6.04. The van der Waals surface area contributed by atoms with E-state index < -0.39 is 17.9 Å². The summed E-state index contributed by atoms with van der Waals surface area (Å²) in [6.07, 6.45) is 0.546. The lowest BCUT2D eigenvalue weighted by atomic mass is 10.1. The molecular formula is C13H17N3O4. The molecule has 0 saturated carbocycles. The first kappa shape index (κ1) is 14.2. The zero-order chi connectivity index (χ0) is 14.9. The van der Waals surface area contributed by atoms with Crippen molar-refractivity contribution < 1.29 is 18.9 Å². The van der Waals surface area contributed by atoms with Crippen molar-refractivity contribution in [1.29, 1.82) is 0 Å². The lowest BCUT2D eigenvalue weighted by molar-refractivity contribution is -0.149. The molecule has 1 fully saturated rings. The highest BCUT2D eigenvalue weighted by Gasteiger charge is 2.35. The van der Waals surface area contributed by atoms with Gasteiger partial charge in [0.15, 0.2) is 0 Å². The molecule has 1 aliphatic heterocycles. The second-order valence-electron chi connectivity index (χ2n) is 4.84. The van der Waals surface area contributed by atoms with Gasteiger partial charge in [0.25, 0.3) is 0 Å². The minimum atomic E-state index is -0.597. The van der Waals surface area contributed by atoms with Crippen molar-refractivity contribution in [2.24, 2.45) is 0 Å². The fourth-order valence-electron chi connectivity index (χ4n) is 2.34. The molecule has 2 rings (SSSR count). The maximum absolute atomic E-state index is 12.4. The van der Waals surface area contributed by atoms with Crippen molar-refractivity contribution in [1.82, 2.24) is 15.4 Å². The lowest BCUT2D eigenvalue weighted by Gasteiger charge is -2.33.